The average molecular weight is 562 g/mol. The SMILES string of the molecule is Cc1cnc(Nc2ccncc2)nc1Nc1ccc2oc(=O)[nH]c2c1.O=C(O)C(F)(F)F.O=C(O)C(F)(F)F. The van der Waals surface area contributed by atoms with Gasteiger partial charge in [0, 0.05) is 35.5 Å². The Kier molecular flexibility index (Phi) is 9.55. The molecule has 0 amide bonds. The van der Waals surface area contributed by atoms with E-state index in [9.17, 15) is 31.1 Å². The van der Waals surface area contributed by atoms with Crippen LogP contribution in [0.25, 0.3) is 11.1 Å². The zero-order valence-corrected chi connectivity index (χ0v) is 19.3. The molecule has 12 nitrogen and oxygen atoms in total. The van der Waals surface area contributed by atoms with Gasteiger partial charge in [0.2, 0.25) is 5.95 Å². The molecule has 3 aromatic heterocycles. The second-order valence-corrected chi connectivity index (χ2v) is 7.04. The van der Waals surface area contributed by atoms with E-state index in [4.69, 9.17) is 24.2 Å². The predicted octanol–water partition coefficient (Wildman–Crippen LogP) is 4.37. The molecule has 0 bridgehead atoms. The van der Waals surface area contributed by atoms with Crippen LogP contribution in [0.1, 0.15) is 5.56 Å². The first-order valence-corrected chi connectivity index (χ1v) is 10.1. The van der Waals surface area contributed by atoms with E-state index < -0.39 is 30.0 Å². The fraction of sp³-hybridized carbons (Fsp3) is 0.143. The molecule has 0 aliphatic heterocycles. The van der Waals surface area contributed by atoms with Crippen molar-refractivity contribution in [2.75, 3.05) is 10.6 Å². The van der Waals surface area contributed by atoms with E-state index in [2.05, 4.69) is 30.6 Å². The number of aliphatic carboxylic acids is 2. The van der Waals surface area contributed by atoms with Crippen LogP contribution in [0, 0.1) is 6.92 Å². The molecule has 0 fully saturated rings. The molecule has 0 saturated carbocycles. The van der Waals surface area contributed by atoms with Gasteiger partial charge in [-0.15, -0.1) is 0 Å². The standard InChI is InChI=1S/C17H14N6O2.2C2HF3O2/c1-10-9-19-16(21-11-4-6-18-7-5-11)23-15(10)20-12-2-3-14-13(8-12)22-17(24)25-14;2*3-2(4,5)1(6)7/h2-9H,1H3,(H,22,24)(H2,18,19,20,21,23);2*(H,6,7). The van der Waals surface area contributed by atoms with Gasteiger partial charge in [0.1, 0.15) is 5.82 Å². The molecule has 0 spiro atoms. The maximum Gasteiger partial charge on any atom is 0.490 e. The number of anilines is 4. The van der Waals surface area contributed by atoms with E-state index >= 15 is 0 Å². The van der Waals surface area contributed by atoms with Gasteiger partial charge in [0.25, 0.3) is 0 Å². The zero-order valence-electron chi connectivity index (χ0n) is 19.3. The Morgan fingerprint density at radius 2 is 1.49 bits per heavy atom. The number of aromatic nitrogens is 4. The summed E-state index contributed by atoms with van der Waals surface area (Å²) in [5.74, 6) is -4.86. The van der Waals surface area contributed by atoms with Crippen molar-refractivity contribution >= 4 is 46.2 Å². The number of carboxylic acid groups (broad SMARTS) is 2. The quantitative estimate of drug-likeness (QED) is 0.223. The Morgan fingerprint density at radius 3 is 2.03 bits per heavy atom. The number of oxazole rings is 1. The van der Waals surface area contributed by atoms with Crippen molar-refractivity contribution < 1.29 is 50.6 Å². The topological polar surface area (TPSA) is 183 Å². The summed E-state index contributed by atoms with van der Waals surface area (Å²) in [6.07, 6.45) is -5.05. The second-order valence-electron chi connectivity index (χ2n) is 7.04. The highest BCUT2D eigenvalue weighted by Gasteiger charge is 2.38. The number of alkyl halides is 6. The molecule has 208 valence electrons. The lowest BCUT2D eigenvalue weighted by molar-refractivity contribution is -0.193. The normalized spacial score (nSPS) is 10.9. The van der Waals surface area contributed by atoms with Crippen LogP contribution in [0.3, 0.4) is 0 Å². The first kappa shape index (κ1) is 30.1. The second kappa shape index (κ2) is 12.4. The molecule has 4 rings (SSSR count). The summed E-state index contributed by atoms with van der Waals surface area (Å²) < 4.78 is 68.5. The summed E-state index contributed by atoms with van der Waals surface area (Å²) >= 11 is 0. The van der Waals surface area contributed by atoms with Crippen LogP contribution in [0.5, 0.6) is 0 Å². The smallest absolute Gasteiger partial charge is 0.475 e. The van der Waals surface area contributed by atoms with Crippen LogP contribution in [-0.2, 0) is 9.59 Å². The highest BCUT2D eigenvalue weighted by molar-refractivity contribution is 5.78. The summed E-state index contributed by atoms with van der Waals surface area (Å²) in [6, 6.07) is 9.00. The molecular formula is C21H16F6N6O6. The van der Waals surface area contributed by atoms with Gasteiger partial charge in [0.05, 0.1) is 5.52 Å². The molecule has 5 N–H and O–H groups in total. The number of nitrogens with one attached hydrogen (secondary N) is 3. The van der Waals surface area contributed by atoms with Gasteiger partial charge >= 0.3 is 30.0 Å². The van der Waals surface area contributed by atoms with Gasteiger partial charge in [-0.2, -0.15) is 31.3 Å². The summed E-state index contributed by atoms with van der Waals surface area (Å²) in [4.78, 5) is 44.4. The lowest BCUT2D eigenvalue weighted by atomic mass is 10.2. The Morgan fingerprint density at radius 1 is 0.923 bits per heavy atom. The van der Waals surface area contributed by atoms with Crippen molar-refractivity contribution in [1.82, 2.24) is 19.9 Å². The predicted molar refractivity (Wildman–Crippen MR) is 122 cm³/mol. The summed E-state index contributed by atoms with van der Waals surface area (Å²) in [5.41, 5.74) is 3.65. The van der Waals surface area contributed by atoms with Gasteiger partial charge in [-0.3, -0.25) is 9.97 Å². The maximum absolute atomic E-state index is 11.3. The number of H-pyrrole nitrogens is 1. The zero-order chi connectivity index (χ0) is 29.4. The van der Waals surface area contributed by atoms with E-state index in [1.165, 1.54) is 0 Å². The first-order chi connectivity index (χ1) is 18.1. The molecule has 0 aliphatic carbocycles. The van der Waals surface area contributed by atoms with Gasteiger partial charge in [-0.1, -0.05) is 0 Å². The summed E-state index contributed by atoms with van der Waals surface area (Å²) in [7, 11) is 0. The largest absolute Gasteiger partial charge is 0.490 e. The molecule has 0 unspecified atom stereocenters. The molecule has 3 heterocycles. The summed E-state index contributed by atoms with van der Waals surface area (Å²) in [6.45, 7) is 1.91. The third-order valence-corrected chi connectivity index (χ3v) is 4.07. The van der Waals surface area contributed by atoms with Crippen LogP contribution < -0.4 is 16.4 Å². The van der Waals surface area contributed by atoms with E-state index in [-0.39, 0.29) is 0 Å². The van der Waals surface area contributed by atoms with Crippen LogP contribution in [-0.4, -0.2) is 54.4 Å². The molecular weight excluding hydrogens is 546 g/mol. The molecule has 0 saturated heterocycles. The number of hydrogen-bond acceptors (Lipinski definition) is 9. The first-order valence-electron chi connectivity index (χ1n) is 10.1. The molecule has 0 atom stereocenters. The number of nitrogens with zero attached hydrogens (tertiary/aromatic N) is 3. The van der Waals surface area contributed by atoms with Gasteiger partial charge in [-0.25, -0.2) is 19.4 Å². The fourth-order valence-electron chi connectivity index (χ4n) is 2.36. The number of carboxylic acids is 2. The van der Waals surface area contributed by atoms with Crippen molar-refractivity contribution in [2.45, 2.75) is 19.3 Å². The van der Waals surface area contributed by atoms with E-state index in [0.29, 0.717) is 22.9 Å². The van der Waals surface area contributed by atoms with E-state index in [1.807, 2.05) is 25.1 Å². The van der Waals surface area contributed by atoms with Gasteiger partial charge in [0.15, 0.2) is 5.58 Å². The Labute approximate surface area is 212 Å². The van der Waals surface area contributed by atoms with Crippen molar-refractivity contribution in [3.05, 3.63) is 65.0 Å². The van der Waals surface area contributed by atoms with Crippen molar-refractivity contribution in [2.24, 2.45) is 0 Å². The lowest BCUT2D eigenvalue weighted by Gasteiger charge is -2.11. The Balaban J connectivity index is 0.000000317. The fourth-order valence-corrected chi connectivity index (χ4v) is 2.36. The minimum absolute atomic E-state index is 0.470. The number of halogens is 6. The number of aryl methyl sites for hydroxylation is 1. The molecule has 0 aliphatic rings. The number of fused-ring (bicyclic) bond motifs is 1. The van der Waals surface area contributed by atoms with Crippen molar-refractivity contribution in [1.29, 1.82) is 0 Å². The third kappa shape index (κ3) is 9.67. The molecule has 18 heteroatoms. The van der Waals surface area contributed by atoms with Crippen LogP contribution in [0.2, 0.25) is 0 Å². The van der Waals surface area contributed by atoms with Crippen molar-refractivity contribution in [3.8, 4) is 0 Å². The Hall–Kier alpha value is -5.16. The molecule has 4 aromatic rings. The average Bonchev–Trinajstić information content (AvgIpc) is 3.21. The number of carbonyl (C=O) groups is 2. The number of rotatable bonds is 4. The maximum atomic E-state index is 11.3. The number of benzene rings is 1. The Bertz CT molecular complexity index is 1460. The monoisotopic (exact) mass is 562 g/mol. The van der Waals surface area contributed by atoms with E-state index in [1.54, 1.807) is 30.7 Å². The molecule has 1 aromatic carbocycles. The summed E-state index contributed by atoms with van der Waals surface area (Å²) in [5, 5.41) is 20.6. The number of hydrogen-bond donors (Lipinski definition) is 5. The molecule has 0 radical (unpaired) electrons. The van der Waals surface area contributed by atoms with Crippen molar-refractivity contribution in [3.63, 3.8) is 0 Å². The minimum atomic E-state index is -5.08. The lowest BCUT2D eigenvalue weighted by Crippen LogP contribution is -2.21. The number of aromatic amines is 1. The van der Waals surface area contributed by atoms with Crippen LogP contribution >= 0.6 is 0 Å². The van der Waals surface area contributed by atoms with Crippen LogP contribution in [0.15, 0.2) is 58.1 Å². The van der Waals surface area contributed by atoms with Gasteiger partial charge in [-0.05, 0) is 37.3 Å². The van der Waals surface area contributed by atoms with E-state index in [0.717, 1.165) is 16.9 Å². The van der Waals surface area contributed by atoms with Crippen LogP contribution in [0.4, 0.5) is 49.5 Å². The number of pyridine rings is 1. The third-order valence-electron chi connectivity index (χ3n) is 4.07. The van der Waals surface area contributed by atoms with Gasteiger partial charge < -0.3 is 25.3 Å². The highest BCUT2D eigenvalue weighted by Crippen LogP contribution is 2.23. The minimum Gasteiger partial charge on any atom is -0.475 e. The highest BCUT2D eigenvalue weighted by atomic mass is 19.4. The molecule has 39 heavy (non-hydrogen) atoms.